The van der Waals surface area contributed by atoms with Crippen LogP contribution in [0.4, 0.5) is 0 Å². The first-order chi connectivity index (χ1) is 11.2. The number of aliphatic hydroxyl groups is 3. The van der Waals surface area contributed by atoms with Crippen LogP contribution in [0.25, 0.3) is 0 Å². The second-order valence-corrected chi connectivity index (χ2v) is 6.90. The van der Waals surface area contributed by atoms with Crippen molar-refractivity contribution >= 4 is 29.5 Å². The molecule has 0 spiro atoms. The van der Waals surface area contributed by atoms with Gasteiger partial charge in [-0.2, -0.15) is 0 Å². The zero-order valence-corrected chi connectivity index (χ0v) is 14.0. The van der Waals surface area contributed by atoms with Crippen molar-refractivity contribution in [2.75, 3.05) is 12.9 Å². The van der Waals surface area contributed by atoms with Gasteiger partial charge in [0.25, 0.3) is 0 Å². The van der Waals surface area contributed by atoms with Crippen molar-refractivity contribution in [3.63, 3.8) is 0 Å². The lowest BCUT2D eigenvalue weighted by Gasteiger charge is -2.30. The van der Waals surface area contributed by atoms with Gasteiger partial charge >= 0.3 is 5.97 Å². The van der Waals surface area contributed by atoms with Crippen molar-refractivity contribution < 1.29 is 34.4 Å². The fraction of sp³-hybridized carbons (Fsp3) is 0.769. The van der Waals surface area contributed by atoms with E-state index >= 15 is 0 Å². The van der Waals surface area contributed by atoms with Gasteiger partial charge in [-0.25, -0.2) is 4.79 Å². The molecule has 0 aromatic carbocycles. The maximum atomic E-state index is 12.8. The molecule has 2 heterocycles. The third-order valence-corrected chi connectivity index (χ3v) is 5.43. The number of fused-ring (bicyclic) bond motifs is 1. The summed E-state index contributed by atoms with van der Waals surface area (Å²) in [5, 5.41) is 31.8. The molecule has 7 atom stereocenters. The van der Waals surface area contributed by atoms with E-state index in [0.717, 1.165) is 23.8 Å². The molecule has 0 radical (unpaired) electrons. The third-order valence-electron chi connectivity index (χ3n) is 4.07. The summed E-state index contributed by atoms with van der Waals surface area (Å²) in [5.41, 5.74) is 5.44. The second-order valence-electron chi connectivity index (χ2n) is 5.76. The summed E-state index contributed by atoms with van der Waals surface area (Å²) in [6, 6.07) is -3.47. The Morgan fingerprint density at radius 3 is 2.50 bits per heavy atom. The van der Waals surface area contributed by atoms with Gasteiger partial charge in [0.05, 0.1) is 13.2 Å². The number of methoxy groups -OCH3 is 1. The van der Waals surface area contributed by atoms with E-state index in [1.54, 1.807) is 0 Å². The molecule has 2 fully saturated rings. The van der Waals surface area contributed by atoms with Crippen LogP contribution in [0.15, 0.2) is 0 Å². The number of aliphatic hydroxyl groups excluding tert-OH is 3. The molecule has 0 bridgehead atoms. The highest BCUT2D eigenvalue weighted by atomic mass is 32.2. The Bertz CT molecular complexity index is 532. The van der Waals surface area contributed by atoms with Gasteiger partial charge in [-0.15, -0.1) is 11.8 Å². The van der Waals surface area contributed by atoms with Gasteiger partial charge in [0, 0.05) is 5.75 Å². The maximum Gasteiger partial charge on any atom is 0.329 e. The monoisotopic (exact) mass is 363 g/mol. The van der Waals surface area contributed by atoms with E-state index in [-0.39, 0.29) is 5.75 Å². The number of hydrogen-bond donors (Lipinski definition) is 5. The van der Waals surface area contributed by atoms with Crippen molar-refractivity contribution in [3.05, 3.63) is 0 Å². The quantitative estimate of drug-likeness (QED) is 0.318. The minimum Gasteiger partial charge on any atom is -0.467 e. The molecule has 0 unspecified atom stereocenters. The number of carbonyl (C=O) groups excluding carboxylic acids is 3. The molecule has 2 saturated heterocycles. The van der Waals surface area contributed by atoms with E-state index in [1.807, 2.05) is 0 Å². The summed E-state index contributed by atoms with van der Waals surface area (Å²) in [6.45, 7) is 1.39. The Labute approximate surface area is 142 Å². The van der Waals surface area contributed by atoms with E-state index in [1.165, 1.54) is 6.92 Å². The van der Waals surface area contributed by atoms with Gasteiger partial charge < -0.3 is 36.0 Å². The van der Waals surface area contributed by atoms with Crippen LogP contribution in [0.3, 0.4) is 0 Å². The SMILES string of the molecule is COC(=O)[C@@H]1CS[C@@H]2[C@H](O)[C@@H](O)[C@H](O)[C@H](NC(=O)[C@H](C)N)C(=O)N21. The summed E-state index contributed by atoms with van der Waals surface area (Å²) in [6.07, 6.45) is -4.94. The molecule has 136 valence electrons. The zero-order valence-electron chi connectivity index (χ0n) is 13.2. The Morgan fingerprint density at radius 1 is 1.33 bits per heavy atom. The first-order valence-corrected chi connectivity index (χ1v) is 8.37. The normalized spacial score (nSPS) is 37.4. The van der Waals surface area contributed by atoms with Crippen LogP contribution < -0.4 is 11.1 Å². The number of nitrogens with one attached hydrogen (secondary N) is 1. The van der Waals surface area contributed by atoms with E-state index < -0.39 is 59.6 Å². The summed E-state index contributed by atoms with van der Waals surface area (Å²) < 4.78 is 4.66. The van der Waals surface area contributed by atoms with Gasteiger partial charge in [-0.1, -0.05) is 0 Å². The molecule has 0 saturated carbocycles. The number of esters is 1. The van der Waals surface area contributed by atoms with E-state index in [2.05, 4.69) is 10.1 Å². The minimum absolute atomic E-state index is 0.164. The number of nitrogens with zero attached hydrogens (tertiary/aromatic N) is 1. The third kappa shape index (κ3) is 3.22. The minimum atomic E-state index is -1.75. The van der Waals surface area contributed by atoms with E-state index in [9.17, 15) is 29.7 Å². The molecule has 2 aliphatic rings. The average Bonchev–Trinajstić information content (AvgIpc) is 2.98. The molecule has 2 aliphatic heterocycles. The average molecular weight is 363 g/mol. The zero-order chi connectivity index (χ0) is 18.2. The Hall–Kier alpha value is -1.40. The first-order valence-electron chi connectivity index (χ1n) is 7.32. The standard InChI is InChI=1S/C13H21N3O7S/c1-4(14)10(20)15-6-7(17)8(18)9(19)12-16(11(6)21)5(3-24-12)13(22)23-2/h4-9,12,17-19H,3,14H2,1-2H3,(H,15,20)/t4-,5-,6-,7+,8-,9+,12+/m0/s1. The molecular weight excluding hydrogens is 342 g/mol. The lowest BCUT2D eigenvalue weighted by atomic mass is 10.0. The number of carbonyl (C=O) groups is 3. The fourth-order valence-electron chi connectivity index (χ4n) is 2.69. The topological polar surface area (TPSA) is 162 Å². The van der Waals surface area contributed by atoms with Crippen LogP contribution in [0, 0.1) is 0 Å². The Morgan fingerprint density at radius 2 is 1.96 bits per heavy atom. The maximum absolute atomic E-state index is 12.8. The molecule has 0 aromatic heterocycles. The number of hydrogen-bond acceptors (Lipinski definition) is 9. The molecule has 2 amide bonds. The Kier molecular flexibility index (Phi) is 5.71. The van der Waals surface area contributed by atoms with Crippen molar-refractivity contribution in [2.24, 2.45) is 5.73 Å². The number of ether oxygens (including phenoxy) is 1. The van der Waals surface area contributed by atoms with Crippen molar-refractivity contribution in [3.8, 4) is 0 Å². The summed E-state index contributed by atoms with van der Waals surface area (Å²) >= 11 is 1.08. The predicted molar refractivity (Wildman–Crippen MR) is 82.5 cm³/mol. The van der Waals surface area contributed by atoms with Crippen molar-refractivity contribution in [1.82, 2.24) is 10.2 Å². The summed E-state index contributed by atoms with van der Waals surface area (Å²) in [7, 11) is 1.16. The van der Waals surface area contributed by atoms with E-state index in [4.69, 9.17) is 5.73 Å². The number of nitrogens with two attached hydrogens (primary N) is 1. The van der Waals surface area contributed by atoms with Gasteiger partial charge in [0.1, 0.15) is 35.8 Å². The van der Waals surface area contributed by atoms with Crippen LogP contribution in [-0.2, 0) is 19.1 Å². The van der Waals surface area contributed by atoms with Crippen molar-refractivity contribution in [2.45, 2.75) is 48.7 Å². The molecule has 11 heteroatoms. The highest BCUT2D eigenvalue weighted by Gasteiger charge is 2.54. The smallest absolute Gasteiger partial charge is 0.329 e. The highest BCUT2D eigenvalue weighted by Crippen LogP contribution is 2.36. The molecular formula is C13H21N3O7S. The molecule has 24 heavy (non-hydrogen) atoms. The highest BCUT2D eigenvalue weighted by molar-refractivity contribution is 8.00. The van der Waals surface area contributed by atoms with Gasteiger partial charge in [0.2, 0.25) is 11.8 Å². The van der Waals surface area contributed by atoms with Crippen LogP contribution in [0.1, 0.15) is 6.92 Å². The predicted octanol–water partition coefficient (Wildman–Crippen LogP) is -3.64. The molecule has 2 rings (SSSR count). The van der Waals surface area contributed by atoms with Crippen molar-refractivity contribution in [1.29, 1.82) is 0 Å². The lowest BCUT2D eigenvalue weighted by Crippen LogP contribution is -2.59. The van der Waals surface area contributed by atoms with Crippen LogP contribution in [0.2, 0.25) is 0 Å². The number of amides is 2. The van der Waals surface area contributed by atoms with Crippen LogP contribution >= 0.6 is 11.8 Å². The van der Waals surface area contributed by atoms with Gasteiger partial charge in [-0.05, 0) is 6.92 Å². The number of thioether (sulfide) groups is 1. The molecule has 10 nitrogen and oxygen atoms in total. The van der Waals surface area contributed by atoms with Crippen LogP contribution in [0.5, 0.6) is 0 Å². The molecule has 0 aliphatic carbocycles. The Balaban J connectivity index is 2.37. The fourth-order valence-corrected chi connectivity index (χ4v) is 4.14. The van der Waals surface area contributed by atoms with E-state index in [0.29, 0.717) is 0 Å². The largest absolute Gasteiger partial charge is 0.467 e. The molecule has 6 N–H and O–H groups in total. The molecule has 0 aromatic rings. The van der Waals surface area contributed by atoms with Gasteiger partial charge in [-0.3, -0.25) is 9.59 Å². The number of rotatable bonds is 3. The van der Waals surface area contributed by atoms with Gasteiger partial charge in [0.15, 0.2) is 0 Å². The lowest BCUT2D eigenvalue weighted by molar-refractivity contribution is -0.153. The summed E-state index contributed by atoms with van der Waals surface area (Å²) in [5.74, 6) is -2.03. The second kappa shape index (κ2) is 7.23. The summed E-state index contributed by atoms with van der Waals surface area (Å²) in [4.78, 5) is 37.5. The first kappa shape index (κ1) is 18.9. The van der Waals surface area contributed by atoms with Crippen LogP contribution in [-0.4, -0.2) is 92.7 Å².